The van der Waals surface area contributed by atoms with Crippen molar-refractivity contribution < 1.29 is 29.2 Å². The van der Waals surface area contributed by atoms with Gasteiger partial charge in [0.1, 0.15) is 9.85 Å². The number of rotatable bonds is 12. The van der Waals surface area contributed by atoms with Crippen LogP contribution >= 0.6 is 0 Å². The Morgan fingerprint density at radius 1 is 0.833 bits per heavy atom. The highest BCUT2D eigenvalue weighted by atomic mass is 16.7. The van der Waals surface area contributed by atoms with E-state index in [1.165, 1.54) is 6.92 Å². The van der Waals surface area contributed by atoms with E-state index in [0.29, 0.717) is 0 Å². The summed E-state index contributed by atoms with van der Waals surface area (Å²) in [5, 5.41) is 42.8. The third-order valence-corrected chi connectivity index (χ3v) is 3.31. The Bertz CT molecular complexity index is 482. The van der Waals surface area contributed by atoms with E-state index in [9.17, 15) is 40.5 Å². The van der Waals surface area contributed by atoms with Crippen LogP contribution in [-0.4, -0.2) is 50.5 Å². The van der Waals surface area contributed by atoms with Crippen LogP contribution in [0.15, 0.2) is 0 Å². The lowest BCUT2D eigenvalue weighted by Gasteiger charge is -2.18. The van der Waals surface area contributed by atoms with Gasteiger partial charge in [0.2, 0.25) is 0 Å². The molecule has 14 heteroatoms. The lowest BCUT2D eigenvalue weighted by Crippen LogP contribution is -2.48. The van der Waals surface area contributed by atoms with Crippen LogP contribution in [0.1, 0.15) is 33.6 Å². The maximum atomic E-state index is 10.7. The highest BCUT2D eigenvalue weighted by Crippen LogP contribution is 2.18. The molecule has 0 aromatic heterocycles. The lowest BCUT2D eigenvalue weighted by molar-refractivity contribution is -0.794. The second-order valence-corrected chi connectivity index (χ2v) is 5.32. The molecule has 0 spiro atoms. The van der Waals surface area contributed by atoms with Gasteiger partial charge < -0.3 is 9.47 Å². The van der Waals surface area contributed by atoms with Crippen molar-refractivity contribution in [3.05, 3.63) is 40.5 Å². The van der Waals surface area contributed by atoms with E-state index < -0.39 is 50.3 Å². The standard InChI is InChI=1S/C10H18N4O10/c1-8(24-7-10(3,13(19)20)14(21)22)23-6-4-5-9(2,11(15)16)12(17)18/h8H,4-7H2,1-3H3. The second kappa shape index (κ2) is 8.39. The molecule has 0 aliphatic heterocycles. The van der Waals surface area contributed by atoms with Gasteiger partial charge in [0.05, 0.1) is 36.7 Å². The molecular weight excluding hydrogens is 336 g/mol. The van der Waals surface area contributed by atoms with E-state index in [-0.39, 0.29) is 13.0 Å². The minimum atomic E-state index is -2.53. The fourth-order valence-electron chi connectivity index (χ4n) is 1.40. The van der Waals surface area contributed by atoms with Crippen LogP contribution in [-0.2, 0) is 9.47 Å². The lowest BCUT2D eigenvalue weighted by atomic mass is 10.1. The highest BCUT2D eigenvalue weighted by Gasteiger charge is 2.51. The summed E-state index contributed by atoms with van der Waals surface area (Å²) in [5.74, 6) is 0. The first kappa shape index (κ1) is 21.5. The molecule has 0 aromatic rings. The van der Waals surface area contributed by atoms with Crippen molar-refractivity contribution in [1.82, 2.24) is 0 Å². The minimum Gasteiger partial charge on any atom is -0.353 e. The van der Waals surface area contributed by atoms with Gasteiger partial charge in [-0.15, -0.1) is 0 Å². The van der Waals surface area contributed by atoms with Crippen LogP contribution in [0.3, 0.4) is 0 Å². The van der Waals surface area contributed by atoms with Gasteiger partial charge in [0.15, 0.2) is 12.9 Å². The molecule has 0 saturated heterocycles. The van der Waals surface area contributed by atoms with Crippen molar-refractivity contribution in [1.29, 1.82) is 0 Å². The predicted molar refractivity (Wildman–Crippen MR) is 75.4 cm³/mol. The van der Waals surface area contributed by atoms with Gasteiger partial charge in [-0.25, -0.2) is 0 Å². The van der Waals surface area contributed by atoms with Gasteiger partial charge in [-0.1, -0.05) is 0 Å². The summed E-state index contributed by atoms with van der Waals surface area (Å²) in [4.78, 5) is 38.6. The van der Waals surface area contributed by atoms with Crippen molar-refractivity contribution in [3.63, 3.8) is 0 Å². The number of hydrogen-bond donors (Lipinski definition) is 0. The highest BCUT2D eigenvalue weighted by molar-refractivity contribution is 4.61. The Labute approximate surface area is 135 Å². The maximum Gasteiger partial charge on any atom is 0.478 e. The number of nitrogens with zero attached hydrogens (tertiary/aromatic N) is 4. The van der Waals surface area contributed by atoms with Crippen molar-refractivity contribution in [2.75, 3.05) is 13.2 Å². The first-order valence-corrected chi connectivity index (χ1v) is 6.69. The summed E-state index contributed by atoms with van der Waals surface area (Å²) in [6, 6.07) is 0. The summed E-state index contributed by atoms with van der Waals surface area (Å²) in [7, 11) is 0. The molecule has 0 radical (unpaired) electrons. The molecule has 0 aliphatic carbocycles. The molecule has 24 heavy (non-hydrogen) atoms. The molecule has 0 fully saturated rings. The minimum absolute atomic E-state index is 0.0477. The molecular formula is C10H18N4O10. The summed E-state index contributed by atoms with van der Waals surface area (Å²) in [5.41, 5.74) is -4.88. The molecule has 0 N–H and O–H groups in total. The van der Waals surface area contributed by atoms with Crippen LogP contribution in [0, 0.1) is 40.5 Å². The average Bonchev–Trinajstić information content (AvgIpc) is 2.47. The van der Waals surface area contributed by atoms with Crippen LogP contribution in [0.25, 0.3) is 0 Å². The fourth-order valence-corrected chi connectivity index (χ4v) is 1.40. The molecule has 0 saturated carbocycles. The van der Waals surface area contributed by atoms with Crippen LogP contribution < -0.4 is 0 Å². The van der Waals surface area contributed by atoms with E-state index in [1.54, 1.807) is 0 Å². The van der Waals surface area contributed by atoms with Gasteiger partial charge >= 0.3 is 11.3 Å². The normalized spacial score (nSPS) is 13.3. The topological polar surface area (TPSA) is 191 Å². The molecule has 14 nitrogen and oxygen atoms in total. The van der Waals surface area contributed by atoms with E-state index in [0.717, 1.165) is 13.8 Å². The quantitative estimate of drug-likeness (QED) is 0.208. The van der Waals surface area contributed by atoms with Crippen molar-refractivity contribution in [3.8, 4) is 0 Å². The summed E-state index contributed by atoms with van der Waals surface area (Å²) >= 11 is 0. The molecule has 1 atom stereocenters. The van der Waals surface area contributed by atoms with Gasteiger partial charge in [-0.3, -0.25) is 40.5 Å². The average molecular weight is 354 g/mol. The Morgan fingerprint density at radius 3 is 1.62 bits per heavy atom. The van der Waals surface area contributed by atoms with Crippen molar-refractivity contribution in [2.24, 2.45) is 0 Å². The SMILES string of the molecule is CC(OCCCC(C)([N+](=O)[O-])[N+](=O)[O-])OCC(C)([N+](=O)[O-])[N+](=O)[O-]. The monoisotopic (exact) mass is 354 g/mol. The Balaban J connectivity index is 4.36. The molecule has 0 heterocycles. The van der Waals surface area contributed by atoms with E-state index in [2.05, 4.69) is 0 Å². The van der Waals surface area contributed by atoms with Crippen LogP contribution in [0.4, 0.5) is 0 Å². The van der Waals surface area contributed by atoms with Crippen LogP contribution in [0.5, 0.6) is 0 Å². The smallest absolute Gasteiger partial charge is 0.353 e. The Hall–Kier alpha value is -2.48. The predicted octanol–water partition coefficient (Wildman–Crippen LogP) is 0.685. The van der Waals surface area contributed by atoms with Gasteiger partial charge in [-0.2, -0.15) is 0 Å². The molecule has 0 rings (SSSR count). The zero-order chi connectivity index (χ0) is 19.1. The second-order valence-electron chi connectivity index (χ2n) is 5.32. The summed E-state index contributed by atoms with van der Waals surface area (Å²) < 4.78 is 9.92. The number of nitro groups is 4. The zero-order valence-corrected chi connectivity index (χ0v) is 13.3. The summed E-state index contributed by atoms with van der Waals surface area (Å²) in [6.45, 7) is 1.95. The third-order valence-electron chi connectivity index (χ3n) is 3.31. The fraction of sp³-hybridized carbons (Fsp3) is 1.00. The molecule has 0 aliphatic rings. The molecule has 0 aromatic carbocycles. The maximum absolute atomic E-state index is 10.7. The zero-order valence-electron chi connectivity index (χ0n) is 13.3. The van der Waals surface area contributed by atoms with E-state index in [4.69, 9.17) is 9.47 Å². The first-order valence-electron chi connectivity index (χ1n) is 6.69. The molecule has 0 amide bonds. The van der Waals surface area contributed by atoms with Crippen molar-refractivity contribution >= 4 is 0 Å². The number of hydrogen-bond acceptors (Lipinski definition) is 10. The molecule has 138 valence electrons. The van der Waals surface area contributed by atoms with E-state index >= 15 is 0 Å². The van der Waals surface area contributed by atoms with E-state index in [1.807, 2.05) is 0 Å². The third kappa shape index (κ3) is 5.31. The first-order chi connectivity index (χ1) is 10.9. The van der Waals surface area contributed by atoms with Gasteiger partial charge in [0, 0.05) is 0 Å². The van der Waals surface area contributed by atoms with Crippen molar-refractivity contribution in [2.45, 2.75) is 51.2 Å². The Morgan fingerprint density at radius 2 is 1.25 bits per heavy atom. The summed E-state index contributed by atoms with van der Waals surface area (Å²) in [6.07, 6.45) is -1.52. The number of ether oxygens (including phenoxy) is 2. The largest absolute Gasteiger partial charge is 0.478 e. The van der Waals surface area contributed by atoms with Crippen LogP contribution in [0.2, 0.25) is 0 Å². The molecule has 1 unspecified atom stereocenters. The van der Waals surface area contributed by atoms with Gasteiger partial charge in [-0.05, 0) is 13.3 Å². The van der Waals surface area contributed by atoms with Gasteiger partial charge in [0.25, 0.3) is 0 Å². The Kier molecular flexibility index (Phi) is 7.53. The molecule has 0 bridgehead atoms.